The molecule has 11 heteroatoms. The zero-order valence-electron chi connectivity index (χ0n) is 19.9. The summed E-state index contributed by atoms with van der Waals surface area (Å²) in [5.74, 6) is 0.607. The van der Waals surface area contributed by atoms with E-state index in [2.05, 4.69) is 0 Å². The maximum atomic E-state index is 13.1. The number of nitrogens with zero attached hydrogens (tertiary/aromatic N) is 3. The van der Waals surface area contributed by atoms with Gasteiger partial charge < -0.3 is 19.1 Å². The highest BCUT2D eigenvalue weighted by molar-refractivity contribution is 7.89. The summed E-state index contributed by atoms with van der Waals surface area (Å²) >= 11 is 0. The quantitative estimate of drug-likeness (QED) is 0.630. The molecule has 2 fully saturated rings. The minimum absolute atomic E-state index is 0.104. The molecule has 0 saturated carbocycles. The molecule has 0 aliphatic carbocycles. The second-order valence-electron chi connectivity index (χ2n) is 9.08. The monoisotopic (exact) mass is 483 g/mol. The second kappa shape index (κ2) is 9.76. The van der Waals surface area contributed by atoms with Crippen LogP contribution in [0.15, 0.2) is 23.1 Å². The molecule has 0 unspecified atom stereocenters. The smallest absolute Gasteiger partial charge is 0.410 e. The van der Waals surface area contributed by atoms with E-state index in [1.807, 2.05) is 0 Å². The summed E-state index contributed by atoms with van der Waals surface area (Å²) in [5.41, 5.74) is -0.641. The normalized spacial score (nSPS) is 20.0. The van der Waals surface area contributed by atoms with Gasteiger partial charge in [0.2, 0.25) is 15.9 Å². The minimum atomic E-state index is -3.76. The van der Waals surface area contributed by atoms with Crippen molar-refractivity contribution in [3.63, 3.8) is 0 Å². The van der Waals surface area contributed by atoms with Crippen LogP contribution in [0.1, 0.15) is 33.6 Å². The largest absolute Gasteiger partial charge is 0.493 e. The van der Waals surface area contributed by atoms with Crippen molar-refractivity contribution < 1.29 is 32.2 Å². The van der Waals surface area contributed by atoms with Crippen LogP contribution in [0.25, 0.3) is 0 Å². The van der Waals surface area contributed by atoms with Crippen molar-refractivity contribution in [1.82, 2.24) is 14.1 Å². The maximum absolute atomic E-state index is 13.1. The van der Waals surface area contributed by atoms with Crippen LogP contribution in [0.2, 0.25) is 0 Å². The predicted molar refractivity (Wildman–Crippen MR) is 121 cm³/mol. The third-order valence-electron chi connectivity index (χ3n) is 5.71. The molecule has 1 atom stereocenters. The molecule has 184 valence electrons. The lowest BCUT2D eigenvalue weighted by atomic mass is 10.1. The van der Waals surface area contributed by atoms with Gasteiger partial charge in [0.05, 0.1) is 19.1 Å². The first-order chi connectivity index (χ1) is 15.5. The summed E-state index contributed by atoms with van der Waals surface area (Å²) in [6.45, 7) is 6.68. The number of carbonyl (C=O) groups is 2. The molecule has 2 aliphatic rings. The number of methoxy groups -OCH3 is 2. The molecule has 0 spiro atoms. The van der Waals surface area contributed by atoms with Crippen LogP contribution in [-0.2, 0) is 19.6 Å². The highest BCUT2D eigenvalue weighted by Crippen LogP contribution is 2.31. The molecule has 0 aromatic heterocycles. The maximum Gasteiger partial charge on any atom is 0.410 e. The van der Waals surface area contributed by atoms with Crippen molar-refractivity contribution in [3.8, 4) is 11.5 Å². The van der Waals surface area contributed by atoms with Gasteiger partial charge in [-0.25, -0.2) is 13.2 Å². The number of benzene rings is 1. The van der Waals surface area contributed by atoms with Crippen LogP contribution in [0.5, 0.6) is 11.5 Å². The average Bonchev–Trinajstić information content (AvgIpc) is 3.27. The molecule has 1 aromatic carbocycles. The summed E-state index contributed by atoms with van der Waals surface area (Å²) in [6.07, 6.45) is 0.805. The van der Waals surface area contributed by atoms with Crippen molar-refractivity contribution in [2.45, 2.75) is 50.2 Å². The highest BCUT2D eigenvalue weighted by Gasteiger charge is 2.40. The van der Waals surface area contributed by atoms with E-state index in [4.69, 9.17) is 14.2 Å². The Morgan fingerprint density at radius 1 is 0.970 bits per heavy atom. The number of hydrogen-bond acceptors (Lipinski definition) is 7. The van der Waals surface area contributed by atoms with Crippen LogP contribution < -0.4 is 9.47 Å². The van der Waals surface area contributed by atoms with Gasteiger partial charge in [0.15, 0.2) is 11.5 Å². The number of ether oxygens (including phenoxy) is 3. The lowest BCUT2D eigenvalue weighted by Crippen LogP contribution is -2.55. The standard InChI is InChI=1S/C22H33N3O7S/c1-22(2,3)32-21(27)25-10-6-7-17(25)20(26)23-11-13-24(14-12-23)33(28,29)16-8-9-18(30-4)19(15-16)31-5/h8-9,15,17H,6-7,10-14H2,1-5H3/t17-/m0/s1. The Kier molecular flexibility index (Phi) is 7.42. The van der Waals surface area contributed by atoms with Gasteiger partial charge in [0.25, 0.3) is 0 Å². The molecule has 2 amide bonds. The summed E-state index contributed by atoms with van der Waals surface area (Å²) in [6, 6.07) is 3.89. The Bertz CT molecular complexity index is 982. The Labute approximate surface area is 195 Å². The van der Waals surface area contributed by atoms with E-state index < -0.39 is 27.8 Å². The first-order valence-electron chi connectivity index (χ1n) is 11.0. The van der Waals surface area contributed by atoms with Crippen LogP contribution in [-0.4, -0.2) is 93.1 Å². The molecule has 10 nitrogen and oxygen atoms in total. The highest BCUT2D eigenvalue weighted by atomic mass is 32.2. The van der Waals surface area contributed by atoms with Gasteiger partial charge >= 0.3 is 6.09 Å². The van der Waals surface area contributed by atoms with E-state index >= 15 is 0 Å². The Hall–Kier alpha value is -2.53. The van der Waals surface area contributed by atoms with E-state index in [0.717, 1.165) is 6.42 Å². The summed E-state index contributed by atoms with van der Waals surface area (Å²) in [5, 5.41) is 0. The number of piperazine rings is 1. The van der Waals surface area contributed by atoms with E-state index in [-0.39, 0.29) is 37.0 Å². The first kappa shape index (κ1) is 25.1. The van der Waals surface area contributed by atoms with Crippen LogP contribution in [0, 0.1) is 0 Å². The predicted octanol–water partition coefficient (Wildman–Crippen LogP) is 1.94. The first-order valence-corrected chi connectivity index (χ1v) is 12.4. The molecule has 33 heavy (non-hydrogen) atoms. The Balaban J connectivity index is 1.65. The zero-order chi connectivity index (χ0) is 24.4. The van der Waals surface area contributed by atoms with Gasteiger partial charge in [0, 0.05) is 38.8 Å². The molecule has 0 bridgehead atoms. The van der Waals surface area contributed by atoms with Gasteiger partial charge in [0.1, 0.15) is 11.6 Å². The summed E-state index contributed by atoms with van der Waals surface area (Å²) in [7, 11) is -0.828. The molecule has 3 rings (SSSR count). The number of sulfonamides is 1. The zero-order valence-corrected chi connectivity index (χ0v) is 20.7. The fourth-order valence-corrected chi connectivity index (χ4v) is 5.49. The lowest BCUT2D eigenvalue weighted by molar-refractivity contribution is -0.137. The topological polar surface area (TPSA) is 106 Å². The average molecular weight is 484 g/mol. The lowest BCUT2D eigenvalue weighted by Gasteiger charge is -2.37. The van der Waals surface area contributed by atoms with Crippen LogP contribution in [0.3, 0.4) is 0 Å². The minimum Gasteiger partial charge on any atom is -0.493 e. The second-order valence-corrected chi connectivity index (χ2v) is 11.0. The summed E-state index contributed by atoms with van der Waals surface area (Å²) < 4.78 is 43.4. The third kappa shape index (κ3) is 5.52. The third-order valence-corrected chi connectivity index (χ3v) is 7.60. The molecular weight excluding hydrogens is 450 g/mol. The fourth-order valence-electron chi connectivity index (χ4n) is 4.05. The fraction of sp³-hybridized carbons (Fsp3) is 0.636. The van der Waals surface area contributed by atoms with Crippen molar-refractivity contribution in [2.24, 2.45) is 0 Å². The van der Waals surface area contributed by atoms with Crippen LogP contribution in [0.4, 0.5) is 4.79 Å². The molecule has 0 N–H and O–H groups in total. The molecule has 2 saturated heterocycles. The van der Waals surface area contributed by atoms with E-state index in [1.54, 1.807) is 31.7 Å². The Morgan fingerprint density at radius 3 is 2.18 bits per heavy atom. The molecular formula is C22H33N3O7S. The van der Waals surface area contributed by atoms with E-state index in [9.17, 15) is 18.0 Å². The Morgan fingerprint density at radius 2 is 1.61 bits per heavy atom. The van der Waals surface area contributed by atoms with E-state index in [1.165, 1.54) is 35.6 Å². The van der Waals surface area contributed by atoms with Gasteiger partial charge in [-0.1, -0.05) is 0 Å². The van der Waals surface area contributed by atoms with Crippen LogP contribution >= 0.6 is 0 Å². The van der Waals surface area contributed by atoms with Crippen molar-refractivity contribution in [1.29, 1.82) is 0 Å². The van der Waals surface area contributed by atoms with Gasteiger partial charge in [-0.3, -0.25) is 9.69 Å². The van der Waals surface area contributed by atoms with Gasteiger partial charge in [-0.2, -0.15) is 4.31 Å². The number of likely N-dealkylation sites (tertiary alicyclic amines) is 1. The number of hydrogen-bond donors (Lipinski definition) is 0. The van der Waals surface area contributed by atoms with Gasteiger partial charge in [-0.05, 0) is 45.7 Å². The van der Waals surface area contributed by atoms with Crippen molar-refractivity contribution in [3.05, 3.63) is 18.2 Å². The summed E-state index contributed by atoms with van der Waals surface area (Å²) in [4.78, 5) is 28.9. The van der Waals surface area contributed by atoms with E-state index in [0.29, 0.717) is 24.5 Å². The molecule has 0 radical (unpaired) electrons. The molecule has 2 aliphatic heterocycles. The molecule has 2 heterocycles. The van der Waals surface area contributed by atoms with Crippen molar-refractivity contribution in [2.75, 3.05) is 46.9 Å². The number of rotatable bonds is 5. The number of carbonyl (C=O) groups excluding carboxylic acids is 2. The number of amides is 2. The van der Waals surface area contributed by atoms with Crippen molar-refractivity contribution >= 4 is 22.0 Å². The van der Waals surface area contributed by atoms with Gasteiger partial charge in [-0.15, -0.1) is 0 Å². The molecule has 1 aromatic rings. The SMILES string of the molecule is COc1ccc(S(=O)(=O)N2CCN(C(=O)[C@@H]3CCCN3C(=O)OC(C)(C)C)CC2)cc1OC.